The van der Waals surface area contributed by atoms with Crippen LogP contribution in [0.2, 0.25) is 0 Å². The van der Waals surface area contributed by atoms with Crippen molar-refractivity contribution >= 4 is 0 Å². The molecule has 4 nitrogen and oxygen atoms in total. The Morgan fingerprint density at radius 1 is 1.44 bits per heavy atom. The minimum absolute atomic E-state index is 0.116. The van der Waals surface area contributed by atoms with E-state index in [1.165, 1.54) is 0 Å². The van der Waals surface area contributed by atoms with Crippen LogP contribution in [0.3, 0.4) is 0 Å². The van der Waals surface area contributed by atoms with Crippen molar-refractivity contribution in [3.63, 3.8) is 0 Å². The molecule has 0 aromatic carbocycles. The molecule has 1 rings (SSSR count). The molecule has 1 heterocycles. The first kappa shape index (κ1) is 13.2. The quantitative estimate of drug-likeness (QED) is 0.775. The van der Waals surface area contributed by atoms with Crippen LogP contribution in [-0.4, -0.2) is 30.9 Å². The van der Waals surface area contributed by atoms with Gasteiger partial charge in [-0.05, 0) is 32.9 Å². The summed E-state index contributed by atoms with van der Waals surface area (Å²) in [7, 11) is 1.68. The van der Waals surface area contributed by atoms with Crippen molar-refractivity contribution in [2.45, 2.75) is 39.0 Å². The predicted octanol–water partition coefficient (Wildman–Crippen LogP) is 1.63. The van der Waals surface area contributed by atoms with Gasteiger partial charge in [0.05, 0.1) is 6.10 Å². The molecule has 0 saturated carbocycles. The zero-order chi connectivity index (χ0) is 12.1. The number of furan rings is 1. The summed E-state index contributed by atoms with van der Waals surface area (Å²) in [6.07, 6.45) is -0.495. The van der Waals surface area contributed by atoms with Crippen molar-refractivity contribution in [2.75, 3.05) is 13.7 Å². The molecule has 0 radical (unpaired) electrons. The number of methoxy groups -OCH3 is 1. The Bertz CT molecular complexity index is 311. The Morgan fingerprint density at radius 2 is 2.12 bits per heavy atom. The van der Waals surface area contributed by atoms with Crippen LogP contribution >= 0.6 is 0 Å². The molecule has 1 aromatic heterocycles. The summed E-state index contributed by atoms with van der Waals surface area (Å²) in [6.45, 7) is 6.33. The summed E-state index contributed by atoms with van der Waals surface area (Å²) in [4.78, 5) is 0. The molecule has 4 heteroatoms. The number of aryl methyl sites for hydroxylation is 1. The maximum absolute atomic E-state index is 9.84. The first-order valence-corrected chi connectivity index (χ1v) is 5.55. The number of aliphatic hydroxyl groups excluding tert-OH is 1. The van der Waals surface area contributed by atoms with E-state index in [0.29, 0.717) is 12.3 Å². The lowest BCUT2D eigenvalue weighted by atomic mass is 10.2. The van der Waals surface area contributed by atoms with E-state index >= 15 is 0 Å². The second-order valence-electron chi connectivity index (χ2n) is 4.10. The van der Waals surface area contributed by atoms with Gasteiger partial charge in [-0.3, -0.25) is 0 Å². The Kier molecular flexibility index (Phi) is 4.99. The van der Waals surface area contributed by atoms with Gasteiger partial charge in [0.1, 0.15) is 17.6 Å². The van der Waals surface area contributed by atoms with Gasteiger partial charge in [0.2, 0.25) is 0 Å². The van der Waals surface area contributed by atoms with Crippen LogP contribution in [0.25, 0.3) is 0 Å². The maximum atomic E-state index is 9.84. The highest BCUT2D eigenvalue weighted by atomic mass is 16.5. The summed E-state index contributed by atoms with van der Waals surface area (Å²) in [6, 6.07) is 3.84. The van der Waals surface area contributed by atoms with Gasteiger partial charge in [-0.25, -0.2) is 0 Å². The molecule has 1 aromatic rings. The van der Waals surface area contributed by atoms with E-state index in [1.54, 1.807) is 13.2 Å². The van der Waals surface area contributed by atoms with E-state index in [1.807, 2.05) is 26.8 Å². The molecule has 0 bridgehead atoms. The normalized spacial score (nSPS) is 17.1. The molecule has 0 aliphatic rings. The fourth-order valence-electron chi connectivity index (χ4n) is 1.40. The summed E-state index contributed by atoms with van der Waals surface area (Å²) in [5.41, 5.74) is 0. The summed E-state index contributed by atoms with van der Waals surface area (Å²) < 4.78 is 10.5. The molecule has 16 heavy (non-hydrogen) atoms. The summed E-state index contributed by atoms with van der Waals surface area (Å²) in [5.74, 6) is 1.41. The van der Waals surface area contributed by atoms with Gasteiger partial charge in [0.25, 0.3) is 0 Å². The lowest BCUT2D eigenvalue weighted by Gasteiger charge is -2.21. The third-order valence-corrected chi connectivity index (χ3v) is 2.80. The third-order valence-electron chi connectivity index (χ3n) is 2.80. The maximum Gasteiger partial charge on any atom is 0.133 e. The number of nitrogens with one attached hydrogen (secondary N) is 1. The second kappa shape index (κ2) is 6.03. The third kappa shape index (κ3) is 3.63. The Labute approximate surface area is 96.6 Å². The van der Waals surface area contributed by atoms with Crippen LogP contribution in [-0.2, 0) is 4.74 Å². The smallest absolute Gasteiger partial charge is 0.133 e. The largest absolute Gasteiger partial charge is 0.464 e. The molecule has 3 atom stereocenters. The lowest BCUT2D eigenvalue weighted by Crippen LogP contribution is -2.38. The monoisotopic (exact) mass is 227 g/mol. The van der Waals surface area contributed by atoms with E-state index in [9.17, 15) is 5.11 Å². The van der Waals surface area contributed by atoms with Gasteiger partial charge >= 0.3 is 0 Å². The topological polar surface area (TPSA) is 54.6 Å². The molecule has 2 N–H and O–H groups in total. The number of aliphatic hydroxyl groups is 1. The zero-order valence-corrected chi connectivity index (χ0v) is 10.4. The van der Waals surface area contributed by atoms with Crippen LogP contribution in [0.5, 0.6) is 0 Å². The van der Waals surface area contributed by atoms with E-state index < -0.39 is 6.10 Å². The molecule has 0 aliphatic heterocycles. The van der Waals surface area contributed by atoms with E-state index in [2.05, 4.69) is 5.32 Å². The second-order valence-corrected chi connectivity index (χ2v) is 4.10. The van der Waals surface area contributed by atoms with Gasteiger partial charge in [0, 0.05) is 19.7 Å². The van der Waals surface area contributed by atoms with Crippen LogP contribution < -0.4 is 5.32 Å². The fraction of sp³-hybridized carbons (Fsp3) is 0.667. The Balaban J connectivity index is 2.38. The predicted molar refractivity (Wildman–Crippen MR) is 62.3 cm³/mol. The van der Waals surface area contributed by atoms with Crippen molar-refractivity contribution in [3.05, 3.63) is 23.7 Å². The highest BCUT2D eigenvalue weighted by Crippen LogP contribution is 2.15. The van der Waals surface area contributed by atoms with Crippen molar-refractivity contribution in [1.82, 2.24) is 5.32 Å². The molecule has 0 spiro atoms. The minimum Gasteiger partial charge on any atom is -0.464 e. The van der Waals surface area contributed by atoms with Gasteiger partial charge in [-0.1, -0.05) is 0 Å². The van der Waals surface area contributed by atoms with Crippen molar-refractivity contribution in [1.29, 1.82) is 0 Å². The number of ether oxygens (including phenoxy) is 1. The van der Waals surface area contributed by atoms with Gasteiger partial charge < -0.3 is 19.6 Å². The van der Waals surface area contributed by atoms with Gasteiger partial charge in [-0.2, -0.15) is 0 Å². The summed E-state index contributed by atoms with van der Waals surface area (Å²) in [5, 5.41) is 13.0. The van der Waals surface area contributed by atoms with Crippen LogP contribution in [0, 0.1) is 6.92 Å². The van der Waals surface area contributed by atoms with E-state index in [-0.39, 0.29) is 12.1 Å². The van der Waals surface area contributed by atoms with Crippen molar-refractivity contribution in [2.24, 2.45) is 0 Å². The Hall–Kier alpha value is -0.840. The SMILES string of the molecule is COC(C)C(C)NCC(O)c1ccc(C)o1. The number of hydrogen-bond acceptors (Lipinski definition) is 4. The van der Waals surface area contributed by atoms with E-state index in [4.69, 9.17) is 9.15 Å². The molecule has 0 saturated heterocycles. The molecule has 0 aliphatic carbocycles. The van der Waals surface area contributed by atoms with Crippen LogP contribution in [0.1, 0.15) is 31.5 Å². The first-order valence-electron chi connectivity index (χ1n) is 5.55. The highest BCUT2D eigenvalue weighted by Gasteiger charge is 2.15. The van der Waals surface area contributed by atoms with Gasteiger partial charge in [0.15, 0.2) is 0 Å². The molecular formula is C12H21NO3. The molecule has 3 unspecified atom stereocenters. The molecule has 92 valence electrons. The lowest BCUT2D eigenvalue weighted by molar-refractivity contribution is 0.0775. The van der Waals surface area contributed by atoms with Gasteiger partial charge in [-0.15, -0.1) is 0 Å². The molecule has 0 fully saturated rings. The number of hydrogen-bond donors (Lipinski definition) is 2. The minimum atomic E-state index is -0.611. The standard InChI is InChI=1S/C12H21NO3/c1-8-5-6-12(16-8)11(14)7-13-9(2)10(3)15-4/h5-6,9-11,13-14H,7H2,1-4H3. The van der Waals surface area contributed by atoms with Crippen molar-refractivity contribution in [3.8, 4) is 0 Å². The van der Waals surface area contributed by atoms with E-state index in [0.717, 1.165) is 5.76 Å². The summed E-state index contributed by atoms with van der Waals surface area (Å²) >= 11 is 0. The average Bonchev–Trinajstić information content (AvgIpc) is 2.71. The number of rotatable bonds is 6. The van der Waals surface area contributed by atoms with Crippen LogP contribution in [0.4, 0.5) is 0 Å². The molecule has 0 amide bonds. The first-order chi connectivity index (χ1) is 7.54. The zero-order valence-electron chi connectivity index (χ0n) is 10.4. The average molecular weight is 227 g/mol. The van der Waals surface area contributed by atoms with Crippen LogP contribution in [0.15, 0.2) is 16.5 Å². The Morgan fingerprint density at radius 3 is 2.62 bits per heavy atom. The molecular weight excluding hydrogens is 206 g/mol. The highest BCUT2D eigenvalue weighted by molar-refractivity contribution is 5.08. The fourth-order valence-corrected chi connectivity index (χ4v) is 1.40. The van der Waals surface area contributed by atoms with Crippen molar-refractivity contribution < 1.29 is 14.3 Å².